The smallest absolute Gasteiger partial charge is 0.219 e. The number of piperazine rings is 1. The molecule has 0 aromatic carbocycles. The number of carbonyl (C=O) groups excluding carboxylic acids is 1. The fourth-order valence-corrected chi connectivity index (χ4v) is 4.26. The summed E-state index contributed by atoms with van der Waals surface area (Å²) < 4.78 is 6.31. The van der Waals surface area contributed by atoms with E-state index in [-0.39, 0.29) is 12.0 Å². The third-order valence-corrected chi connectivity index (χ3v) is 5.88. The molecule has 1 saturated carbocycles. The number of aromatic nitrogens is 2. The van der Waals surface area contributed by atoms with E-state index in [9.17, 15) is 4.79 Å². The van der Waals surface area contributed by atoms with Crippen molar-refractivity contribution < 1.29 is 9.53 Å². The molecule has 0 radical (unpaired) electrons. The quantitative estimate of drug-likeness (QED) is 0.722. The van der Waals surface area contributed by atoms with Crippen LogP contribution < -0.4 is 0 Å². The van der Waals surface area contributed by atoms with Crippen LogP contribution in [0.25, 0.3) is 0 Å². The number of nitrogens with zero attached hydrogens (tertiary/aromatic N) is 3. The van der Waals surface area contributed by atoms with Crippen molar-refractivity contribution in [3.05, 3.63) is 18.0 Å². The van der Waals surface area contributed by atoms with Crippen LogP contribution in [0.3, 0.4) is 0 Å². The number of ether oxygens (including phenoxy) is 1. The van der Waals surface area contributed by atoms with Crippen LogP contribution in [0.15, 0.2) is 12.3 Å². The van der Waals surface area contributed by atoms with E-state index in [4.69, 9.17) is 4.74 Å². The van der Waals surface area contributed by atoms with Gasteiger partial charge in [-0.25, -0.2) is 0 Å². The molecule has 1 aromatic heterocycles. The predicted octanol–water partition coefficient (Wildman–Crippen LogP) is 2.99. The first-order valence-corrected chi connectivity index (χ1v) is 10.3. The Morgan fingerprint density at radius 2 is 2.00 bits per heavy atom. The SMILES string of the molecule is CC(=O)N1CCN(CCCCOC(c2cc[nH]n2)C2CCCCC2)CC1. The minimum atomic E-state index is 0.153. The maximum atomic E-state index is 11.4. The highest BCUT2D eigenvalue weighted by atomic mass is 16.5. The minimum Gasteiger partial charge on any atom is -0.372 e. The molecule has 1 atom stereocenters. The van der Waals surface area contributed by atoms with Gasteiger partial charge in [-0.3, -0.25) is 14.8 Å². The van der Waals surface area contributed by atoms with E-state index in [2.05, 4.69) is 21.2 Å². The molecule has 2 aliphatic rings. The molecule has 6 heteroatoms. The van der Waals surface area contributed by atoms with Crippen molar-refractivity contribution in [2.75, 3.05) is 39.3 Å². The standard InChI is InChI=1S/C20H34N4O2/c1-17(25)24-14-12-23(13-15-24)11-5-6-16-26-20(19-9-10-21-22-19)18-7-3-2-4-8-18/h9-10,18,20H,2-8,11-16H2,1H3,(H,21,22). The first-order valence-electron chi connectivity index (χ1n) is 10.3. The number of unbranched alkanes of at least 4 members (excludes halogenated alkanes) is 1. The van der Waals surface area contributed by atoms with Gasteiger partial charge in [-0.2, -0.15) is 5.10 Å². The van der Waals surface area contributed by atoms with Crippen LogP contribution in [0, 0.1) is 5.92 Å². The zero-order valence-electron chi connectivity index (χ0n) is 16.2. The molecular formula is C20H34N4O2. The highest BCUT2D eigenvalue weighted by molar-refractivity contribution is 5.73. The highest BCUT2D eigenvalue weighted by Crippen LogP contribution is 2.36. The second kappa shape index (κ2) is 10.1. The lowest BCUT2D eigenvalue weighted by atomic mass is 9.84. The molecule has 1 aliphatic carbocycles. The van der Waals surface area contributed by atoms with Crippen LogP contribution in [0.5, 0.6) is 0 Å². The predicted molar refractivity (Wildman–Crippen MR) is 102 cm³/mol. The van der Waals surface area contributed by atoms with Crippen molar-refractivity contribution >= 4 is 5.91 Å². The van der Waals surface area contributed by atoms with Gasteiger partial charge in [-0.15, -0.1) is 0 Å². The Hall–Kier alpha value is -1.40. The van der Waals surface area contributed by atoms with E-state index < -0.39 is 0 Å². The van der Waals surface area contributed by atoms with Gasteiger partial charge >= 0.3 is 0 Å². The number of aromatic amines is 1. The van der Waals surface area contributed by atoms with Crippen molar-refractivity contribution in [1.29, 1.82) is 0 Å². The molecule has 2 fully saturated rings. The van der Waals surface area contributed by atoms with E-state index >= 15 is 0 Å². The van der Waals surface area contributed by atoms with Crippen LogP contribution in [-0.2, 0) is 9.53 Å². The van der Waals surface area contributed by atoms with Gasteiger partial charge in [0, 0.05) is 45.9 Å². The van der Waals surface area contributed by atoms with Crippen molar-refractivity contribution in [3.8, 4) is 0 Å². The first-order chi connectivity index (χ1) is 12.7. The Morgan fingerprint density at radius 1 is 1.23 bits per heavy atom. The van der Waals surface area contributed by atoms with E-state index in [0.717, 1.165) is 57.9 Å². The molecule has 1 N–H and O–H groups in total. The molecule has 1 saturated heterocycles. The zero-order chi connectivity index (χ0) is 18.2. The number of H-pyrrole nitrogens is 1. The normalized spacial score (nSPS) is 21.0. The number of hydrogen-bond acceptors (Lipinski definition) is 4. The zero-order valence-corrected chi connectivity index (χ0v) is 16.2. The van der Waals surface area contributed by atoms with E-state index in [1.165, 1.54) is 32.1 Å². The van der Waals surface area contributed by atoms with Gasteiger partial charge in [-0.05, 0) is 44.2 Å². The Balaban J connectivity index is 1.35. The van der Waals surface area contributed by atoms with E-state index in [1.54, 1.807) is 6.92 Å². The Labute approximate surface area is 157 Å². The number of rotatable bonds is 8. The fraction of sp³-hybridized carbons (Fsp3) is 0.800. The van der Waals surface area contributed by atoms with Crippen LogP contribution in [0.1, 0.15) is 63.7 Å². The summed E-state index contributed by atoms with van der Waals surface area (Å²) in [6, 6.07) is 2.06. The molecule has 1 aliphatic heterocycles. The second-order valence-corrected chi connectivity index (χ2v) is 7.74. The summed E-state index contributed by atoms with van der Waals surface area (Å²) >= 11 is 0. The van der Waals surface area contributed by atoms with E-state index in [0.29, 0.717) is 5.92 Å². The lowest BCUT2D eigenvalue weighted by molar-refractivity contribution is -0.130. The second-order valence-electron chi connectivity index (χ2n) is 7.74. The molecule has 0 bridgehead atoms. The molecule has 2 heterocycles. The fourth-order valence-electron chi connectivity index (χ4n) is 4.26. The highest BCUT2D eigenvalue weighted by Gasteiger charge is 2.27. The monoisotopic (exact) mass is 362 g/mol. The Bertz CT molecular complexity index is 520. The molecule has 0 spiro atoms. The first kappa shape index (κ1) is 19.4. The average molecular weight is 363 g/mol. The summed E-state index contributed by atoms with van der Waals surface area (Å²) in [7, 11) is 0. The van der Waals surface area contributed by atoms with Gasteiger partial charge < -0.3 is 9.64 Å². The average Bonchev–Trinajstić information content (AvgIpc) is 3.20. The van der Waals surface area contributed by atoms with Crippen LogP contribution >= 0.6 is 0 Å². The van der Waals surface area contributed by atoms with Gasteiger partial charge in [0.25, 0.3) is 0 Å². The van der Waals surface area contributed by atoms with Crippen LogP contribution in [-0.4, -0.2) is 65.2 Å². The number of carbonyl (C=O) groups is 1. The topological polar surface area (TPSA) is 61.5 Å². The lowest BCUT2D eigenvalue weighted by Gasteiger charge is -2.34. The van der Waals surface area contributed by atoms with Gasteiger partial charge in [0.2, 0.25) is 5.91 Å². The largest absolute Gasteiger partial charge is 0.372 e. The van der Waals surface area contributed by atoms with Crippen molar-refractivity contribution in [2.45, 2.75) is 58.0 Å². The number of amides is 1. The van der Waals surface area contributed by atoms with Gasteiger partial charge in [-0.1, -0.05) is 19.3 Å². The molecule has 6 nitrogen and oxygen atoms in total. The summed E-state index contributed by atoms with van der Waals surface area (Å²) in [6.07, 6.45) is 10.8. The summed E-state index contributed by atoms with van der Waals surface area (Å²) in [6.45, 7) is 7.31. The van der Waals surface area contributed by atoms with Crippen LogP contribution in [0.4, 0.5) is 0 Å². The summed E-state index contributed by atoms with van der Waals surface area (Å²) in [4.78, 5) is 15.8. The van der Waals surface area contributed by atoms with E-state index in [1.807, 2.05) is 11.1 Å². The molecule has 1 unspecified atom stereocenters. The number of hydrogen-bond donors (Lipinski definition) is 1. The molecule has 26 heavy (non-hydrogen) atoms. The molecule has 1 amide bonds. The van der Waals surface area contributed by atoms with Crippen molar-refractivity contribution in [3.63, 3.8) is 0 Å². The third kappa shape index (κ3) is 5.55. The minimum absolute atomic E-state index is 0.153. The van der Waals surface area contributed by atoms with Crippen molar-refractivity contribution in [2.24, 2.45) is 5.92 Å². The van der Waals surface area contributed by atoms with Gasteiger partial charge in [0.1, 0.15) is 6.10 Å². The van der Waals surface area contributed by atoms with Crippen molar-refractivity contribution in [1.82, 2.24) is 20.0 Å². The summed E-state index contributed by atoms with van der Waals surface area (Å²) in [5, 5.41) is 7.34. The van der Waals surface area contributed by atoms with Gasteiger partial charge in [0.15, 0.2) is 0 Å². The maximum Gasteiger partial charge on any atom is 0.219 e. The maximum absolute atomic E-state index is 11.4. The Kier molecular flexibility index (Phi) is 7.50. The Morgan fingerprint density at radius 3 is 2.65 bits per heavy atom. The molecular weight excluding hydrogens is 328 g/mol. The summed E-state index contributed by atoms with van der Waals surface area (Å²) in [5.74, 6) is 0.817. The third-order valence-electron chi connectivity index (χ3n) is 5.88. The molecule has 146 valence electrons. The summed E-state index contributed by atoms with van der Waals surface area (Å²) in [5.41, 5.74) is 1.07. The lowest BCUT2D eigenvalue weighted by Crippen LogP contribution is -2.48. The molecule has 3 rings (SSSR count). The molecule has 1 aromatic rings. The number of nitrogens with one attached hydrogen (secondary N) is 1. The van der Waals surface area contributed by atoms with Crippen LogP contribution in [0.2, 0.25) is 0 Å². The van der Waals surface area contributed by atoms with Gasteiger partial charge in [0.05, 0.1) is 5.69 Å².